The van der Waals surface area contributed by atoms with E-state index >= 15 is 0 Å². The summed E-state index contributed by atoms with van der Waals surface area (Å²) in [5.74, 6) is -0.301. The number of allylic oxidation sites excluding steroid dienone is 1. The van der Waals surface area contributed by atoms with E-state index in [1.54, 1.807) is 19.5 Å². The first-order valence-electron chi connectivity index (χ1n) is 5.62. The van der Waals surface area contributed by atoms with Crippen LogP contribution in [0.3, 0.4) is 0 Å². The molecule has 0 fully saturated rings. The minimum absolute atomic E-state index is 0.114. The second-order valence-corrected chi connectivity index (χ2v) is 3.88. The van der Waals surface area contributed by atoms with Gasteiger partial charge in [0, 0.05) is 25.9 Å². The molecule has 1 rings (SSSR count). The number of hydrogen-bond acceptors (Lipinski definition) is 5. The van der Waals surface area contributed by atoms with Gasteiger partial charge < -0.3 is 9.47 Å². The van der Waals surface area contributed by atoms with Crippen molar-refractivity contribution in [1.29, 1.82) is 0 Å². The number of nitrogens with zero attached hydrogens (tertiary/aromatic N) is 1. The second-order valence-electron chi connectivity index (χ2n) is 3.88. The van der Waals surface area contributed by atoms with Crippen molar-refractivity contribution < 1.29 is 19.1 Å². The lowest BCUT2D eigenvalue weighted by Gasteiger charge is -2.20. The molecular weight excluding hydrogens is 222 g/mol. The first-order valence-corrected chi connectivity index (χ1v) is 5.62. The van der Waals surface area contributed by atoms with Gasteiger partial charge in [0.25, 0.3) is 0 Å². The second kappa shape index (κ2) is 7.09. The first-order chi connectivity index (χ1) is 8.13. The van der Waals surface area contributed by atoms with Crippen LogP contribution in [0.2, 0.25) is 0 Å². The highest BCUT2D eigenvalue weighted by atomic mass is 16.7. The van der Waals surface area contributed by atoms with Gasteiger partial charge in [0.2, 0.25) is 0 Å². The fourth-order valence-electron chi connectivity index (χ4n) is 1.27. The zero-order valence-corrected chi connectivity index (χ0v) is 10.5. The highest BCUT2D eigenvalue weighted by Crippen LogP contribution is 2.14. The van der Waals surface area contributed by atoms with E-state index in [-0.39, 0.29) is 12.1 Å². The van der Waals surface area contributed by atoms with Gasteiger partial charge in [-0.1, -0.05) is 6.08 Å². The Balaban J connectivity index is 2.47. The van der Waals surface area contributed by atoms with Crippen molar-refractivity contribution in [2.45, 2.75) is 26.4 Å². The summed E-state index contributed by atoms with van der Waals surface area (Å²) in [6.45, 7) is 4.59. The smallest absolute Gasteiger partial charge is 0.336 e. The zero-order chi connectivity index (χ0) is 12.7. The lowest BCUT2D eigenvalue weighted by atomic mass is 10.2. The molecule has 0 unspecified atom stereocenters. The molecular formula is C12H19NO4. The molecule has 1 aliphatic heterocycles. The normalized spacial score (nSPS) is 15.1. The van der Waals surface area contributed by atoms with E-state index in [4.69, 9.17) is 14.3 Å². The van der Waals surface area contributed by atoms with Gasteiger partial charge in [-0.05, 0) is 13.8 Å². The van der Waals surface area contributed by atoms with Crippen LogP contribution < -0.4 is 0 Å². The van der Waals surface area contributed by atoms with Gasteiger partial charge in [0.15, 0.2) is 0 Å². The molecule has 5 heteroatoms. The third kappa shape index (κ3) is 5.01. The Morgan fingerprint density at radius 2 is 2.24 bits per heavy atom. The number of esters is 1. The van der Waals surface area contributed by atoms with E-state index in [0.29, 0.717) is 25.2 Å². The molecule has 17 heavy (non-hydrogen) atoms. The molecule has 0 aromatic heterocycles. The van der Waals surface area contributed by atoms with Crippen molar-refractivity contribution in [3.05, 3.63) is 24.0 Å². The van der Waals surface area contributed by atoms with Gasteiger partial charge in [-0.15, -0.1) is 0 Å². The van der Waals surface area contributed by atoms with Gasteiger partial charge in [-0.25, -0.2) is 9.86 Å². The summed E-state index contributed by atoms with van der Waals surface area (Å²) in [4.78, 5) is 17.0. The number of hydrogen-bond donors (Lipinski definition) is 0. The van der Waals surface area contributed by atoms with Crippen LogP contribution in [-0.2, 0) is 19.1 Å². The van der Waals surface area contributed by atoms with Gasteiger partial charge in [0.1, 0.15) is 0 Å². The lowest BCUT2D eigenvalue weighted by molar-refractivity contribution is -0.143. The molecule has 0 N–H and O–H groups in total. The molecule has 0 radical (unpaired) electrons. The van der Waals surface area contributed by atoms with E-state index in [0.717, 1.165) is 0 Å². The van der Waals surface area contributed by atoms with Crippen molar-refractivity contribution in [2.75, 3.05) is 20.3 Å². The van der Waals surface area contributed by atoms with Crippen LogP contribution in [0, 0.1) is 0 Å². The third-order valence-electron chi connectivity index (χ3n) is 2.01. The summed E-state index contributed by atoms with van der Waals surface area (Å²) in [7, 11) is 1.61. The Morgan fingerprint density at radius 3 is 2.88 bits per heavy atom. The molecule has 0 amide bonds. The molecule has 0 saturated carbocycles. The van der Waals surface area contributed by atoms with Crippen LogP contribution in [-0.4, -0.2) is 37.5 Å². The largest absolute Gasteiger partial charge is 0.460 e. The van der Waals surface area contributed by atoms with Crippen LogP contribution in [0.1, 0.15) is 20.3 Å². The van der Waals surface area contributed by atoms with Crippen molar-refractivity contribution in [1.82, 2.24) is 5.06 Å². The van der Waals surface area contributed by atoms with E-state index in [9.17, 15) is 4.79 Å². The zero-order valence-electron chi connectivity index (χ0n) is 10.5. The maximum atomic E-state index is 11.7. The number of rotatable bonds is 6. The standard InChI is InChI=1S/C12H19NO4/c1-10(2)17-12(14)11-5-4-6-13(9-11)16-8-7-15-3/h4,6,9-10H,5,7-8H2,1-3H3. The molecule has 0 atom stereocenters. The van der Waals surface area contributed by atoms with Crippen LogP contribution in [0.25, 0.3) is 0 Å². The molecule has 0 aromatic carbocycles. The predicted octanol–water partition coefficient (Wildman–Crippen LogP) is 1.62. The quantitative estimate of drug-likeness (QED) is 0.522. The number of carbonyl (C=O) groups excluding carboxylic acids is 1. The summed E-state index contributed by atoms with van der Waals surface area (Å²) in [5, 5.41) is 1.50. The molecule has 0 aliphatic carbocycles. The minimum atomic E-state index is -0.301. The summed E-state index contributed by atoms with van der Waals surface area (Å²) in [5.41, 5.74) is 0.582. The number of methoxy groups -OCH3 is 1. The maximum Gasteiger partial charge on any atom is 0.336 e. The number of carbonyl (C=O) groups is 1. The average molecular weight is 241 g/mol. The lowest BCUT2D eigenvalue weighted by Crippen LogP contribution is -2.21. The molecule has 1 aliphatic rings. The van der Waals surface area contributed by atoms with E-state index < -0.39 is 0 Å². The molecule has 0 spiro atoms. The van der Waals surface area contributed by atoms with Crippen LogP contribution in [0.15, 0.2) is 24.0 Å². The topological polar surface area (TPSA) is 48.0 Å². The van der Waals surface area contributed by atoms with E-state index in [2.05, 4.69) is 0 Å². The van der Waals surface area contributed by atoms with Crippen molar-refractivity contribution in [3.63, 3.8) is 0 Å². The van der Waals surface area contributed by atoms with Crippen LogP contribution in [0.4, 0.5) is 0 Å². The highest BCUT2D eigenvalue weighted by molar-refractivity contribution is 5.88. The predicted molar refractivity (Wildman–Crippen MR) is 62.7 cm³/mol. The van der Waals surface area contributed by atoms with Crippen molar-refractivity contribution in [3.8, 4) is 0 Å². The Bertz CT molecular complexity index is 310. The molecule has 1 heterocycles. The molecule has 0 aromatic rings. The van der Waals surface area contributed by atoms with Crippen molar-refractivity contribution in [2.24, 2.45) is 0 Å². The summed E-state index contributed by atoms with van der Waals surface area (Å²) in [6.07, 6.45) is 5.71. The minimum Gasteiger partial charge on any atom is -0.460 e. The highest BCUT2D eigenvalue weighted by Gasteiger charge is 2.15. The molecule has 0 saturated heterocycles. The van der Waals surface area contributed by atoms with Crippen LogP contribution in [0.5, 0.6) is 0 Å². The molecule has 0 bridgehead atoms. The first kappa shape index (κ1) is 13.7. The van der Waals surface area contributed by atoms with Gasteiger partial charge in [-0.3, -0.25) is 4.84 Å². The Labute approximate surface area is 102 Å². The summed E-state index contributed by atoms with van der Waals surface area (Å²) >= 11 is 0. The average Bonchev–Trinajstić information content (AvgIpc) is 2.29. The molecule has 96 valence electrons. The Morgan fingerprint density at radius 1 is 1.47 bits per heavy atom. The van der Waals surface area contributed by atoms with Gasteiger partial charge >= 0.3 is 5.97 Å². The maximum absolute atomic E-state index is 11.7. The van der Waals surface area contributed by atoms with Crippen LogP contribution >= 0.6 is 0 Å². The fourth-order valence-corrected chi connectivity index (χ4v) is 1.27. The third-order valence-corrected chi connectivity index (χ3v) is 2.01. The van der Waals surface area contributed by atoms with E-state index in [1.807, 2.05) is 19.9 Å². The van der Waals surface area contributed by atoms with Gasteiger partial charge in [-0.2, -0.15) is 0 Å². The van der Waals surface area contributed by atoms with E-state index in [1.165, 1.54) is 5.06 Å². The SMILES string of the molecule is COCCON1C=CCC(C(=O)OC(C)C)=C1. The fraction of sp³-hybridized carbons (Fsp3) is 0.583. The van der Waals surface area contributed by atoms with Gasteiger partial charge in [0.05, 0.1) is 24.9 Å². The Hall–Kier alpha value is -1.33. The number of ether oxygens (including phenoxy) is 2. The Kier molecular flexibility index (Phi) is 5.72. The van der Waals surface area contributed by atoms with Crippen molar-refractivity contribution >= 4 is 5.97 Å². The summed E-state index contributed by atoms with van der Waals surface area (Å²) in [6, 6.07) is 0. The summed E-state index contributed by atoms with van der Waals surface area (Å²) < 4.78 is 9.99. The monoisotopic (exact) mass is 241 g/mol. The number of hydroxylamine groups is 2. The molecule has 5 nitrogen and oxygen atoms in total.